The number of rotatable bonds is 5. The van der Waals surface area contributed by atoms with Crippen molar-refractivity contribution in [2.24, 2.45) is 5.92 Å². The third-order valence-electron chi connectivity index (χ3n) is 4.52. The highest BCUT2D eigenvalue weighted by molar-refractivity contribution is 7.98. The van der Waals surface area contributed by atoms with Gasteiger partial charge in [-0.1, -0.05) is 24.6 Å². The predicted octanol–water partition coefficient (Wildman–Crippen LogP) is 1.27. The van der Waals surface area contributed by atoms with Gasteiger partial charge in [0, 0.05) is 12.3 Å². The minimum absolute atomic E-state index is 0.124. The number of aromatic nitrogens is 2. The summed E-state index contributed by atoms with van der Waals surface area (Å²) in [5, 5.41) is 11.0. The number of hydrogen-bond donors (Lipinski definition) is 1. The average molecular weight is 324 g/mol. The van der Waals surface area contributed by atoms with E-state index in [9.17, 15) is 5.11 Å². The Morgan fingerprint density at radius 3 is 3.05 bits per heavy atom. The summed E-state index contributed by atoms with van der Waals surface area (Å²) in [6.45, 7) is 0.418. The molecule has 1 aromatic heterocycles. The van der Waals surface area contributed by atoms with Crippen LogP contribution < -0.4 is 4.74 Å². The Morgan fingerprint density at radius 1 is 1.41 bits per heavy atom. The van der Waals surface area contributed by atoms with E-state index in [0.29, 0.717) is 23.6 Å². The Hall–Kier alpha value is -0.890. The van der Waals surface area contributed by atoms with Crippen molar-refractivity contribution in [2.75, 3.05) is 12.9 Å². The third kappa shape index (κ3) is 2.82. The molecule has 120 valence electrons. The zero-order valence-electron chi connectivity index (χ0n) is 12.4. The van der Waals surface area contributed by atoms with Gasteiger partial charge in [0.15, 0.2) is 11.3 Å². The van der Waals surface area contributed by atoms with Crippen molar-refractivity contribution in [2.45, 2.75) is 54.9 Å². The highest BCUT2D eigenvalue weighted by Crippen LogP contribution is 2.40. The maximum absolute atomic E-state index is 10.4. The molecule has 0 spiro atoms. The SMILES string of the molecule is CSc1nccc(O[C@H]2CO[C@H]3[C@@H]2OC(CC2CC2)[C@@H]3O)n1. The smallest absolute Gasteiger partial charge is 0.217 e. The molecule has 0 radical (unpaired) electrons. The first-order chi connectivity index (χ1) is 10.7. The second kappa shape index (κ2) is 5.96. The molecule has 6 nitrogen and oxygen atoms in total. The van der Waals surface area contributed by atoms with Gasteiger partial charge in [-0.25, -0.2) is 4.98 Å². The van der Waals surface area contributed by atoms with E-state index in [1.54, 1.807) is 12.3 Å². The van der Waals surface area contributed by atoms with Crippen LogP contribution in [0.15, 0.2) is 17.4 Å². The number of aliphatic hydroxyl groups is 1. The lowest BCUT2D eigenvalue weighted by atomic mass is 10.0. The van der Waals surface area contributed by atoms with Crippen molar-refractivity contribution in [3.05, 3.63) is 12.3 Å². The fraction of sp³-hybridized carbons (Fsp3) is 0.733. The number of nitrogens with zero attached hydrogens (tertiary/aromatic N) is 2. The molecule has 0 bridgehead atoms. The van der Waals surface area contributed by atoms with Gasteiger partial charge in [-0.15, -0.1) is 0 Å². The number of ether oxygens (including phenoxy) is 3. The first kappa shape index (κ1) is 14.7. The molecular weight excluding hydrogens is 304 g/mol. The van der Waals surface area contributed by atoms with Crippen LogP contribution in [-0.2, 0) is 9.47 Å². The normalized spacial score (nSPS) is 37.3. The van der Waals surface area contributed by atoms with Gasteiger partial charge in [-0.3, -0.25) is 0 Å². The van der Waals surface area contributed by atoms with Gasteiger partial charge < -0.3 is 19.3 Å². The summed E-state index contributed by atoms with van der Waals surface area (Å²) in [4.78, 5) is 8.45. The lowest BCUT2D eigenvalue weighted by molar-refractivity contribution is -0.0443. The maximum Gasteiger partial charge on any atom is 0.217 e. The van der Waals surface area contributed by atoms with Crippen LogP contribution in [0.3, 0.4) is 0 Å². The van der Waals surface area contributed by atoms with Crippen LogP contribution in [0.1, 0.15) is 19.3 Å². The summed E-state index contributed by atoms with van der Waals surface area (Å²) in [5.74, 6) is 1.24. The van der Waals surface area contributed by atoms with Crippen molar-refractivity contribution >= 4 is 11.8 Å². The molecule has 2 saturated heterocycles. The Kier molecular flexibility index (Phi) is 3.98. The summed E-state index contributed by atoms with van der Waals surface area (Å²) in [7, 11) is 0. The molecule has 1 aromatic rings. The molecule has 3 heterocycles. The zero-order valence-corrected chi connectivity index (χ0v) is 13.2. The van der Waals surface area contributed by atoms with Gasteiger partial charge in [-0.2, -0.15) is 4.98 Å². The Morgan fingerprint density at radius 2 is 2.27 bits per heavy atom. The molecule has 1 aliphatic carbocycles. The van der Waals surface area contributed by atoms with Crippen LogP contribution >= 0.6 is 11.8 Å². The molecule has 22 heavy (non-hydrogen) atoms. The fourth-order valence-electron chi connectivity index (χ4n) is 3.18. The van der Waals surface area contributed by atoms with E-state index in [0.717, 1.165) is 6.42 Å². The Balaban J connectivity index is 1.42. The molecule has 5 atom stereocenters. The summed E-state index contributed by atoms with van der Waals surface area (Å²) in [5.41, 5.74) is 0. The Labute approximate surface area is 133 Å². The van der Waals surface area contributed by atoms with Crippen LogP contribution in [0.25, 0.3) is 0 Å². The lowest BCUT2D eigenvalue weighted by Crippen LogP contribution is -2.34. The molecule has 1 N–H and O–H groups in total. The Bertz CT molecular complexity index is 542. The molecule has 7 heteroatoms. The first-order valence-corrected chi connectivity index (χ1v) is 8.96. The fourth-order valence-corrected chi connectivity index (χ4v) is 3.53. The first-order valence-electron chi connectivity index (χ1n) is 7.73. The van der Waals surface area contributed by atoms with E-state index in [-0.39, 0.29) is 24.4 Å². The quantitative estimate of drug-likeness (QED) is 0.646. The van der Waals surface area contributed by atoms with Crippen LogP contribution in [0.2, 0.25) is 0 Å². The van der Waals surface area contributed by atoms with Crippen LogP contribution in [-0.4, -0.2) is 58.5 Å². The number of fused-ring (bicyclic) bond motifs is 1. The van der Waals surface area contributed by atoms with Crippen molar-refractivity contribution in [3.8, 4) is 5.88 Å². The van der Waals surface area contributed by atoms with Crippen molar-refractivity contribution < 1.29 is 19.3 Å². The maximum atomic E-state index is 10.4. The van der Waals surface area contributed by atoms with E-state index >= 15 is 0 Å². The topological polar surface area (TPSA) is 73.7 Å². The standard InChI is InChI=1S/C15H20N2O4S/c1-22-15-16-5-4-11(17-15)20-10-7-19-14-12(18)9(21-13(10)14)6-8-2-3-8/h4-5,8-10,12-14,18H,2-3,6-7H2,1H3/t9?,10-,12-,13+,14+/m0/s1. The number of hydrogen-bond acceptors (Lipinski definition) is 7. The van der Waals surface area contributed by atoms with Gasteiger partial charge in [0.05, 0.1) is 12.7 Å². The van der Waals surface area contributed by atoms with Crippen LogP contribution in [0, 0.1) is 5.92 Å². The van der Waals surface area contributed by atoms with Crippen molar-refractivity contribution in [1.29, 1.82) is 0 Å². The monoisotopic (exact) mass is 324 g/mol. The highest BCUT2D eigenvalue weighted by Gasteiger charge is 2.53. The molecule has 2 aliphatic heterocycles. The van der Waals surface area contributed by atoms with Crippen LogP contribution in [0.4, 0.5) is 0 Å². The third-order valence-corrected chi connectivity index (χ3v) is 5.08. The minimum atomic E-state index is -0.550. The zero-order chi connectivity index (χ0) is 15.1. The van der Waals surface area contributed by atoms with E-state index < -0.39 is 6.10 Å². The van der Waals surface area contributed by atoms with Crippen molar-refractivity contribution in [3.63, 3.8) is 0 Å². The summed E-state index contributed by atoms with van der Waals surface area (Å²) < 4.78 is 17.7. The summed E-state index contributed by atoms with van der Waals surface area (Å²) in [6.07, 6.45) is 5.63. The molecule has 4 rings (SSSR count). The van der Waals surface area contributed by atoms with E-state index in [1.165, 1.54) is 24.6 Å². The number of aliphatic hydroxyl groups excluding tert-OH is 1. The average Bonchev–Trinajstić information content (AvgIpc) is 3.19. The molecule has 1 unspecified atom stereocenters. The van der Waals surface area contributed by atoms with Gasteiger partial charge >= 0.3 is 0 Å². The molecular formula is C15H20N2O4S. The van der Waals surface area contributed by atoms with Gasteiger partial charge in [0.2, 0.25) is 5.88 Å². The van der Waals surface area contributed by atoms with Crippen molar-refractivity contribution in [1.82, 2.24) is 9.97 Å². The number of thioether (sulfide) groups is 1. The highest BCUT2D eigenvalue weighted by atomic mass is 32.2. The summed E-state index contributed by atoms with van der Waals surface area (Å²) >= 11 is 1.47. The lowest BCUT2D eigenvalue weighted by Gasteiger charge is -2.19. The second-order valence-electron chi connectivity index (χ2n) is 6.14. The van der Waals surface area contributed by atoms with Gasteiger partial charge in [0.25, 0.3) is 0 Å². The van der Waals surface area contributed by atoms with E-state index in [1.807, 2.05) is 6.26 Å². The molecule has 0 amide bonds. The second-order valence-corrected chi connectivity index (χ2v) is 6.92. The molecule has 3 fully saturated rings. The predicted molar refractivity (Wildman–Crippen MR) is 80.0 cm³/mol. The molecule has 1 saturated carbocycles. The largest absolute Gasteiger partial charge is 0.469 e. The van der Waals surface area contributed by atoms with Crippen LogP contribution in [0.5, 0.6) is 5.88 Å². The van der Waals surface area contributed by atoms with E-state index in [2.05, 4.69) is 9.97 Å². The van der Waals surface area contributed by atoms with Gasteiger partial charge in [0.1, 0.15) is 18.3 Å². The van der Waals surface area contributed by atoms with E-state index in [4.69, 9.17) is 14.2 Å². The summed E-state index contributed by atoms with van der Waals surface area (Å²) in [6, 6.07) is 1.74. The van der Waals surface area contributed by atoms with Gasteiger partial charge in [-0.05, 0) is 18.6 Å². The minimum Gasteiger partial charge on any atom is -0.469 e. The molecule has 0 aromatic carbocycles. The molecule has 3 aliphatic rings.